The molecular weight excluding hydrogens is 535 g/mol. The third kappa shape index (κ3) is 3.53. The van der Waals surface area contributed by atoms with E-state index in [0.29, 0.717) is 12.8 Å². The minimum Gasteiger partial charge on any atom is -0.382 e. The number of hydrogen-bond donors (Lipinski definition) is 0. The molecule has 4 aliphatic carbocycles. The Morgan fingerprint density at radius 2 is 1.44 bits per heavy atom. The van der Waals surface area contributed by atoms with Crippen molar-refractivity contribution in [3.63, 3.8) is 0 Å². The highest BCUT2D eigenvalue weighted by atomic mass is 32.2. The summed E-state index contributed by atoms with van der Waals surface area (Å²) >= 11 is 0. The van der Waals surface area contributed by atoms with Crippen LogP contribution in [0.1, 0.15) is 47.5 Å². The molecule has 5 nitrogen and oxygen atoms in total. The summed E-state index contributed by atoms with van der Waals surface area (Å²) in [5, 5.41) is -6.93. The van der Waals surface area contributed by atoms with Gasteiger partial charge in [0.2, 0.25) is 0 Å². The van der Waals surface area contributed by atoms with Gasteiger partial charge in [0, 0.05) is 5.41 Å². The molecule has 1 saturated heterocycles. The van der Waals surface area contributed by atoms with Gasteiger partial charge in [-0.2, -0.15) is 47.9 Å². The van der Waals surface area contributed by atoms with Gasteiger partial charge in [0.1, 0.15) is 5.76 Å². The Kier molecular flexibility index (Phi) is 5.60. The van der Waals surface area contributed by atoms with E-state index in [9.17, 15) is 47.9 Å². The number of halogens is 9. The highest BCUT2D eigenvalue weighted by molar-refractivity contribution is 7.88. The summed E-state index contributed by atoms with van der Waals surface area (Å²) in [5.41, 5.74) is -1.39. The van der Waals surface area contributed by atoms with Crippen molar-refractivity contribution in [2.24, 2.45) is 28.6 Å². The molecule has 1 aliphatic heterocycles. The SMILES string of the molecule is CC1(C)C[C@H]2[C@H]3C(OS(=O)(=O)C(F)(F)C(F)(F)C(F)(F)C(F)(F)F)=C[C@@](C)([C@H]2C1)[C@H]1OC(C)(C)O[C@@H]31. The zero-order valence-corrected chi connectivity index (χ0v) is 20.5. The maximum atomic E-state index is 14.4. The summed E-state index contributed by atoms with van der Waals surface area (Å²) in [6, 6.07) is 0. The molecule has 1 heterocycles. The van der Waals surface area contributed by atoms with Crippen molar-refractivity contribution in [2.45, 2.75) is 88.7 Å². The van der Waals surface area contributed by atoms with E-state index in [1.165, 1.54) is 0 Å². The van der Waals surface area contributed by atoms with Gasteiger partial charge in [0.05, 0.1) is 18.1 Å². The standard InChI is InChI=1S/C21H25F9O5S/c1-15(2)6-9-10(7-15)17(5)8-11(12(9)13-14(17)34-16(3,4)33-13)35-36(31,32)21(29,30)19(24,25)18(22,23)20(26,27)28/h8-10,12-14H,6-7H2,1-5H3/t9-,10+,12+,13+,14+,17+/m1/s1. The average molecular weight is 560 g/mol. The molecule has 0 unspecified atom stereocenters. The summed E-state index contributed by atoms with van der Waals surface area (Å²) < 4.78 is 161. The minimum absolute atomic E-state index is 0.178. The zero-order chi connectivity index (χ0) is 27.7. The Balaban J connectivity index is 1.76. The van der Waals surface area contributed by atoms with Gasteiger partial charge in [-0.3, -0.25) is 0 Å². The molecule has 36 heavy (non-hydrogen) atoms. The molecular formula is C21H25F9O5S. The predicted octanol–water partition coefficient (Wildman–Crippen LogP) is 5.86. The first-order valence-corrected chi connectivity index (χ1v) is 12.4. The van der Waals surface area contributed by atoms with Gasteiger partial charge in [-0.25, -0.2) is 0 Å². The number of rotatable bonds is 5. The maximum absolute atomic E-state index is 14.4. The summed E-state index contributed by atoms with van der Waals surface area (Å²) in [7, 11) is -7.05. The van der Waals surface area contributed by atoms with Gasteiger partial charge < -0.3 is 13.7 Å². The van der Waals surface area contributed by atoms with Crippen LogP contribution < -0.4 is 0 Å². The summed E-state index contributed by atoms with van der Waals surface area (Å²) in [6.45, 7) is 8.57. The van der Waals surface area contributed by atoms with Crippen LogP contribution >= 0.6 is 0 Å². The second-order valence-electron chi connectivity index (χ2n) is 11.5. The van der Waals surface area contributed by atoms with Crippen LogP contribution in [0.4, 0.5) is 39.5 Å². The number of ether oxygens (including phenoxy) is 2. The van der Waals surface area contributed by atoms with Crippen LogP contribution in [0.15, 0.2) is 11.8 Å². The monoisotopic (exact) mass is 560 g/mol. The van der Waals surface area contributed by atoms with Gasteiger partial charge in [0.15, 0.2) is 5.79 Å². The van der Waals surface area contributed by atoms with Gasteiger partial charge >= 0.3 is 33.4 Å². The smallest absolute Gasteiger partial charge is 0.382 e. The molecule has 0 radical (unpaired) electrons. The lowest BCUT2D eigenvalue weighted by molar-refractivity contribution is -0.382. The Bertz CT molecular complexity index is 1050. The van der Waals surface area contributed by atoms with E-state index in [0.717, 1.165) is 6.08 Å². The van der Waals surface area contributed by atoms with Crippen molar-refractivity contribution >= 4 is 10.1 Å². The summed E-state index contributed by atoms with van der Waals surface area (Å²) in [6.07, 6.45) is -6.65. The quantitative estimate of drug-likeness (QED) is 0.311. The van der Waals surface area contributed by atoms with Crippen LogP contribution in [0, 0.1) is 28.6 Å². The van der Waals surface area contributed by atoms with Crippen molar-refractivity contribution in [3.8, 4) is 0 Å². The predicted molar refractivity (Wildman–Crippen MR) is 104 cm³/mol. The molecule has 208 valence electrons. The van der Waals surface area contributed by atoms with Gasteiger partial charge in [-0.1, -0.05) is 20.8 Å². The van der Waals surface area contributed by atoms with Crippen molar-refractivity contribution in [2.75, 3.05) is 0 Å². The Hall–Kier alpha value is -1.22. The third-order valence-electron chi connectivity index (χ3n) is 7.85. The first kappa shape index (κ1) is 27.8. The zero-order valence-electron chi connectivity index (χ0n) is 19.7. The van der Waals surface area contributed by atoms with Gasteiger partial charge in [-0.05, 0) is 50.0 Å². The largest absolute Gasteiger partial charge is 0.460 e. The molecule has 0 N–H and O–H groups in total. The van der Waals surface area contributed by atoms with Crippen LogP contribution in [0.25, 0.3) is 0 Å². The van der Waals surface area contributed by atoms with Crippen LogP contribution in [-0.4, -0.2) is 49.7 Å². The molecule has 0 aromatic carbocycles. The number of hydrogen-bond acceptors (Lipinski definition) is 5. The minimum atomic E-state index is -7.37. The van der Waals surface area contributed by atoms with E-state index < -0.39 is 74.4 Å². The van der Waals surface area contributed by atoms with Crippen LogP contribution in [0.3, 0.4) is 0 Å². The van der Waals surface area contributed by atoms with E-state index in [1.807, 2.05) is 13.8 Å². The second-order valence-corrected chi connectivity index (χ2v) is 13.1. The molecule has 6 atom stereocenters. The van der Waals surface area contributed by atoms with E-state index in [4.69, 9.17) is 9.47 Å². The molecule has 2 bridgehead atoms. The highest BCUT2D eigenvalue weighted by Gasteiger charge is 2.86. The van der Waals surface area contributed by atoms with Crippen molar-refractivity contribution in [1.82, 2.24) is 0 Å². The first-order chi connectivity index (χ1) is 15.8. The summed E-state index contributed by atoms with van der Waals surface area (Å²) in [4.78, 5) is 0. The molecule has 15 heteroatoms. The van der Waals surface area contributed by atoms with Crippen LogP contribution in [0.2, 0.25) is 0 Å². The van der Waals surface area contributed by atoms with Crippen LogP contribution in [0.5, 0.6) is 0 Å². The first-order valence-electron chi connectivity index (χ1n) is 11.0. The fourth-order valence-corrected chi connectivity index (χ4v) is 7.36. The molecule has 0 aromatic heterocycles. The second kappa shape index (κ2) is 7.25. The summed E-state index contributed by atoms with van der Waals surface area (Å²) in [5.74, 6) is -18.4. The lowest BCUT2D eigenvalue weighted by Crippen LogP contribution is -2.64. The topological polar surface area (TPSA) is 61.8 Å². The Morgan fingerprint density at radius 3 is 1.97 bits per heavy atom. The maximum Gasteiger partial charge on any atom is 0.460 e. The molecule has 2 saturated carbocycles. The van der Waals surface area contributed by atoms with Crippen LogP contribution in [-0.2, 0) is 23.8 Å². The van der Waals surface area contributed by atoms with Crippen molar-refractivity contribution < 1.29 is 61.6 Å². The van der Waals surface area contributed by atoms with Gasteiger partial charge in [-0.15, -0.1) is 0 Å². The lowest BCUT2D eigenvalue weighted by Gasteiger charge is -2.55. The van der Waals surface area contributed by atoms with Crippen molar-refractivity contribution in [1.29, 1.82) is 0 Å². The van der Waals surface area contributed by atoms with Gasteiger partial charge in [0.25, 0.3) is 0 Å². The van der Waals surface area contributed by atoms with E-state index in [1.54, 1.807) is 20.8 Å². The Labute approximate surface area is 201 Å². The third-order valence-corrected chi connectivity index (χ3v) is 9.15. The molecule has 5 aliphatic rings. The number of alkyl halides is 9. The highest BCUT2D eigenvalue weighted by Crippen LogP contribution is 2.68. The van der Waals surface area contributed by atoms with E-state index in [2.05, 4.69) is 4.18 Å². The fraction of sp³-hybridized carbons (Fsp3) is 0.905. The van der Waals surface area contributed by atoms with E-state index in [-0.39, 0.29) is 11.3 Å². The molecule has 5 rings (SSSR count). The lowest BCUT2D eigenvalue weighted by atomic mass is 9.53. The molecule has 0 amide bonds. The molecule has 0 spiro atoms. The average Bonchev–Trinajstić information content (AvgIpc) is 3.16. The van der Waals surface area contributed by atoms with Crippen molar-refractivity contribution in [3.05, 3.63) is 11.8 Å². The van der Waals surface area contributed by atoms with E-state index >= 15 is 0 Å². The molecule has 3 fully saturated rings. The fourth-order valence-electron chi connectivity index (χ4n) is 6.40. The molecule has 0 aromatic rings. The Morgan fingerprint density at radius 1 is 0.889 bits per heavy atom. The normalized spacial score (nSPS) is 37.9.